The summed E-state index contributed by atoms with van der Waals surface area (Å²) in [4.78, 5) is 3.87. The molecule has 2 aliphatic rings. The average Bonchev–Trinajstić information content (AvgIpc) is 2.72. The monoisotopic (exact) mass is 385 g/mol. The Hall–Kier alpha value is -2.06. The summed E-state index contributed by atoms with van der Waals surface area (Å²) in [5.41, 5.74) is 9.30. The third-order valence-electron chi connectivity index (χ3n) is 4.59. The van der Waals surface area contributed by atoms with E-state index < -0.39 is 36.1 Å². The second-order valence-corrected chi connectivity index (χ2v) is 7.51. The fourth-order valence-electron chi connectivity index (χ4n) is 3.27. The number of fused-ring (bicyclic) bond motifs is 1. The van der Waals surface area contributed by atoms with Crippen molar-refractivity contribution in [3.05, 3.63) is 76.7 Å². The highest BCUT2D eigenvalue weighted by atomic mass is 32.2. The number of nitrogens with zero attached hydrogens (tertiary/aromatic N) is 3. The highest BCUT2D eigenvalue weighted by Gasteiger charge is 2.49. The standard InChI is InChI=1S/C19H19N3O4S/c20-22-21-15-16(23)17-14(25-19(15)27-13-9-5-2-6-10-13)11-24-18(26-17)12-7-3-1-4-8-12/h1-10,14-19,23H,11H2/t14?,15?,16-,17+,18?,19+/m1/s1. The minimum atomic E-state index is -0.990. The van der Waals surface area contributed by atoms with Gasteiger partial charge in [0.2, 0.25) is 0 Å². The summed E-state index contributed by atoms with van der Waals surface area (Å²) in [5, 5.41) is 14.7. The Bertz CT molecular complexity index is 803. The quantitative estimate of drug-likeness (QED) is 0.492. The van der Waals surface area contributed by atoms with Crippen LogP contribution in [0.25, 0.3) is 10.4 Å². The fraction of sp³-hybridized carbons (Fsp3) is 0.368. The average molecular weight is 385 g/mol. The molecule has 140 valence electrons. The first-order chi connectivity index (χ1) is 13.3. The van der Waals surface area contributed by atoms with Gasteiger partial charge in [-0.2, -0.15) is 0 Å². The van der Waals surface area contributed by atoms with Gasteiger partial charge in [0.15, 0.2) is 6.29 Å². The van der Waals surface area contributed by atoms with Crippen molar-refractivity contribution in [2.45, 2.75) is 41.0 Å². The smallest absolute Gasteiger partial charge is 0.184 e. The van der Waals surface area contributed by atoms with Gasteiger partial charge in [0.1, 0.15) is 23.7 Å². The van der Waals surface area contributed by atoms with E-state index in [0.717, 1.165) is 10.5 Å². The summed E-state index contributed by atoms with van der Waals surface area (Å²) < 4.78 is 17.9. The molecule has 4 rings (SSSR count). The number of benzene rings is 2. The van der Waals surface area contributed by atoms with Crippen LogP contribution in [-0.2, 0) is 14.2 Å². The molecule has 0 aliphatic carbocycles. The summed E-state index contributed by atoms with van der Waals surface area (Å²) in [7, 11) is 0. The molecule has 0 saturated carbocycles. The molecule has 0 spiro atoms. The molecule has 8 heteroatoms. The Morgan fingerprint density at radius 2 is 1.74 bits per heavy atom. The van der Waals surface area contributed by atoms with Gasteiger partial charge in [0.25, 0.3) is 0 Å². The Kier molecular flexibility index (Phi) is 5.63. The molecular formula is C19H19N3O4S. The van der Waals surface area contributed by atoms with Crippen LogP contribution in [0.2, 0.25) is 0 Å². The zero-order valence-corrected chi connectivity index (χ0v) is 15.2. The number of aliphatic hydroxyl groups excluding tert-OH is 1. The highest BCUT2D eigenvalue weighted by Crippen LogP contribution is 2.39. The van der Waals surface area contributed by atoms with Gasteiger partial charge in [0.05, 0.1) is 12.7 Å². The first kappa shape index (κ1) is 18.3. The third kappa shape index (κ3) is 3.96. The molecule has 2 aromatic rings. The molecule has 27 heavy (non-hydrogen) atoms. The first-order valence-electron chi connectivity index (χ1n) is 8.68. The highest BCUT2D eigenvalue weighted by molar-refractivity contribution is 7.99. The minimum Gasteiger partial charge on any atom is -0.390 e. The predicted molar refractivity (Wildman–Crippen MR) is 99.9 cm³/mol. The number of azide groups is 1. The first-order valence-corrected chi connectivity index (χ1v) is 9.55. The van der Waals surface area contributed by atoms with Crippen molar-refractivity contribution in [1.82, 2.24) is 0 Å². The van der Waals surface area contributed by atoms with Crippen LogP contribution in [0, 0.1) is 0 Å². The summed E-state index contributed by atoms with van der Waals surface area (Å²) in [5.74, 6) is 0. The summed E-state index contributed by atoms with van der Waals surface area (Å²) in [6, 6.07) is 18.4. The largest absolute Gasteiger partial charge is 0.390 e. The van der Waals surface area contributed by atoms with Crippen molar-refractivity contribution in [2.75, 3.05) is 6.61 Å². The van der Waals surface area contributed by atoms with Crippen LogP contribution in [0.15, 0.2) is 70.7 Å². The zero-order valence-electron chi connectivity index (χ0n) is 14.4. The molecular weight excluding hydrogens is 366 g/mol. The van der Waals surface area contributed by atoms with Crippen molar-refractivity contribution < 1.29 is 19.3 Å². The Morgan fingerprint density at radius 1 is 1.04 bits per heavy atom. The van der Waals surface area contributed by atoms with E-state index in [0.29, 0.717) is 0 Å². The molecule has 7 nitrogen and oxygen atoms in total. The van der Waals surface area contributed by atoms with E-state index in [1.165, 1.54) is 11.8 Å². The molecule has 2 aromatic carbocycles. The van der Waals surface area contributed by atoms with E-state index in [9.17, 15) is 5.11 Å². The van der Waals surface area contributed by atoms with Gasteiger partial charge in [-0.05, 0) is 17.7 Å². The van der Waals surface area contributed by atoms with Gasteiger partial charge in [-0.15, -0.1) is 0 Å². The maximum atomic E-state index is 10.9. The van der Waals surface area contributed by atoms with E-state index in [2.05, 4.69) is 10.0 Å². The SMILES string of the molecule is [N-]=[N+]=NC1[C@@H](O)[C@H]2OC(c3ccccc3)OCC2O[C@H]1Sc1ccccc1. The van der Waals surface area contributed by atoms with Crippen LogP contribution in [0.3, 0.4) is 0 Å². The van der Waals surface area contributed by atoms with Gasteiger partial charge in [-0.25, -0.2) is 0 Å². The zero-order chi connectivity index (χ0) is 18.6. The number of thioether (sulfide) groups is 1. The van der Waals surface area contributed by atoms with Crippen molar-refractivity contribution >= 4 is 11.8 Å². The maximum absolute atomic E-state index is 10.9. The molecule has 1 N–H and O–H groups in total. The van der Waals surface area contributed by atoms with Crippen LogP contribution in [-0.4, -0.2) is 41.5 Å². The molecule has 0 aromatic heterocycles. The predicted octanol–water partition coefficient (Wildman–Crippen LogP) is 3.66. The van der Waals surface area contributed by atoms with E-state index in [1.54, 1.807) is 0 Å². The summed E-state index contributed by atoms with van der Waals surface area (Å²) >= 11 is 1.41. The van der Waals surface area contributed by atoms with Gasteiger partial charge in [0, 0.05) is 15.4 Å². The van der Waals surface area contributed by atoms with Crippen molar-refractivity contribution in [3.63, 3.8) is 0 Å². The normalized spacial score (nSPS) is 32.9. The van der Waals surface area contributed by atoms with Gasteiger partial charge in [-0.3, -0.25) is 0 Å². The minimum absolute atomic E-state index is 0.288. The molecule has 2 heterocycles. The Labute approximate surface area is 160 Å². The van der Waals surface area contributed by atoms with Gasteiger partial charge < -0.3 is 19.3 Å². The van der Waals surface area contributed by atoms with Crippen LogP contribution in [0.4, 0.5) is 0 Å². The van der Waals surface area contributed by atoms with Gasteiger partial charge >= 0.3 is 0 Å². The topological polar surface area (TPSA) is 96.7 Å². The fourth-order valence-corrected chi connectivity index (χ4v) is 4.41. The molecule has 0 amide bonds. The molecule has 6 atom stereocenters. The van der Waals surface area contributed by atoms with E-state index in [-0.39, 0.29) is 6.61 Å². The molecule has 0 bridgehead atoms. The second-order valence-electron chi connectivity index (χ2n) is 6.34. The maximum Gasteiger partial charge on any atom is 0.184 e. The molecule has 2 saturated heterocycles. The summed E-state index contributed by atoms with van der Waals surface area (Å²) in [6.07, 6.45) is -2.65. The van der Waals surface area contributed by atoms with Crippen LogP contribution < -0.4 is 0 Å². The Morgan fingerprint density at radius 3 is 2.44 bits per heavy atom. The molecule has 2 fully saturated rings. The number of hydrogen-bond donors (Lipinski definition) is 1. The van der Waals surface area contributed by atoms with Gasteiger partial charge in [-0.1, -0.05) is 65.4 Å². The lowest BCUT2D eigenvalue weighted by molar-refractivity contribution is -0.305. The Balaban J connectivity index is 1.53. The number of ether oxygens (including phenoxy) is 3. The van der Waals surface area contributed by atoms with Crippen molar-refractivity contribution in [1.29, 1.82) is 0 Å². The van der Waals surface area contributed by atoms with Crippen LogP contribution in [0.5, 0.6) is 0 Å². The van der Waals surface area contributed by atoms with Crippen molar-refractivity contribution in [2.24, 2.45) is 5.11 Å². The third-order valence-corrected chi connectivity index (χ3v) is 5.75. The van der Waals surface area contributed by atoms with E-state index >= 15 is 0 Å². The second kappa shape index (κ2) is 8.31. The van der Waals surface area contributed by atoms with Crippen LogP contribution >= 0.6 is 11.8 Å². The molecule has 3 unspecified atom stereocenters. The van der Waals surface area contributed by atoms with Crippen molar-refractivity contribution in [3.8, 4) is 0 Å². The lowest BCUT2D eigenvalue weighted by atomic mass is 9.97. The number of aliphatic hydroxyl groups is 1. The van der Waals surface area contributed by atoms with Crippen LogP contribution in [0.1, 0.15) is 11.9 Å². The lowest BCUT2D eigenvalue weighted by Gasteiger charge is -2.46. The van der Waals surface area contributed by atoms with E-state index in [4.69, 9.17) is 19.7 Å². The number of hydrogen-bond acceptors (Lipinski definition) is 6. The molecule has 2 aliphatic heterocycles. The lowest BCUT2D eigenvalue weighted by Crippen LogP contribution is -2.60. The van der Waals surface area contributed by atoms with E-state index in [1.807, 2.05) is 60.7 Å². The molecule has 0 radical (unpaired) electrons. The number of rotatable bonds is 4. The summed E-state index contributed by atoms with van der Waals surface area (Å²) in [6.45, 7) is 0.288.